The Bertz CT molecular complexity index is 530. The number of aromatic nitrogens is 2. The number of anilines is 1. The zero-order valence-electron chi connectivity index (χ0n) is 8.57. The minimum atomic E-state index is 0.710. The Hall–Kier alpha value is -1.52. The van der Waals surface area contributed by atoms with Crippen molar-refractivity contribution >= 4 is 17.4 Å². The van der Waals surface area contributed by atoms with Crippen LogP contribution in [0.3, 0.4) is 0 Å². The van der Waals surface area contributed by atoms with Gasteiger partial charge in [-0.2, -0.15) is 5.10 Å². The first-order chi connectivity index (χ1) is 7.75. The number of nitrogens with one attached hydrogen (secondary N) is 1. The SMILES string of the molecule is Nc1c2c(nn1-c1ccc(Cl)cc1)CNC2. The molecular weight excluding hydrogens is 224 g/mol. The molecule has 0 bridgehead atoms. The second-order valence-corrected chi connectivity index (χ2v) is 4.24. The Labute approximate surface area is 98.0 Å². The second-order valence-electron chi connectivity index (χ2n) is 3.80. The second kappa shape index (κ2) is 3.50. The summed E-state index contributed by atoms with van der Waals surface area (Å²) in [5.41, 5.74) is 9.13. The maximum absolute atomic E-state index is 6.05. The van der Waals surface area contributed by atoms with Crippen LogP contribution in [0.1, 0.15) is 11.3 Å². The number of nitrogen functional groups attached to an aromatic ring is 1. The zero-order valence-corrected chi connectivity index (χ0v) is 9.33. The lowest BCUT2D eigenvalue weighted by molar-refractivity contribution is 0.725. The van der Waals surface area contributed by atoms with Gasteiger partial charge in [0.25, 0.3) is 0 Å². The molecule has 0 saturated heterocycles. The smallest absolute Gasteiger partial charge is 0.132 e. The molecule has 0 amide bonds. The van der Waals surface area contributed by atoms with Gasteiger partial charge in [0.05, 0.1) is 11.4 Å². The fourth-order valence-corrected chi connectivity index (χ4v) is 2.06. The molecule has 4 nitrogen and oxygen atoms in total. The molecule has 1 aliphatic rings. The molecule has 1 aromatic heterocycles. The Balaban J connectivity index is 2.10. The summed E-state index contributed by atoms with van der Waals surface area (Å²) in [5, 5.41) is 8.41. The van der Waals surface area contributed by atoms with E-state index in [1.165, 1.54) is 0 Å². The number of benzene rings is 1. The van der Waals surface area contributed by atoms with Gasteiger partial charge in [0.2, 0.25) is 0 Å². The predicted octanol–water partition coefficient (Wildman–Crippen LogP) is 1.71. The first-order valence-corrected chi connectivity index (χ1v) is 5.46. The van der Waals surface area contributed by atoms with Crippen LogP contribution in [0.25, 0.3) is 5.69 Å². The Morgan fingerprint density at radius 1 is 1.25 bits per heavy atom. The highest BCUT2D eigenvalue weighted by atomic mass is 35.5. The highest BCUT2D eigenvalue weighted by Gasteiger charge is 2.20. The van der Waals surface area contributed by atoms with Crippen LogP contribution in [0, 0.1) is 0 Å². The van der Waals surface area contributed by atoms with Gasteiger partial charge in [0.15, 0.2) is 0 Å². The van der Waals surface area contributed by atoms with Gasteiger partial charge in [-0.15, -0.1) is 0 Å². The molecule has 2 heterocycles. The molecule has 1 aromatic carbocycles. The summed E-state index contributed by atoms with van der Waals surface area (Å²) in [5.74, 6) is 0.710. The minimum absolute atomic E-state index is 0.710. The molecule has 0 spiro atoms. The molecule has 5 heteroatoms. The van der Waals surface area contributed by atoms with E-state index in [4.69, 9.17) is 17.3 Å². The molecular formula is C11H11ClN4. The molecule has 0 atom stereocenters. The van der Waals surface area contributed by atoms with Crippen LogP contribution >= 0.6 is 11.6 Å². The maximum Gasteiger partial charge on any atom is 0.132 e. The van der Waals surface area contributed by atoms with Crippen molar-refractivity contribution in [1.82, 2.24) is 15.1 Å². The van der Waals surface area contributed by atoms with Gasteiger partial charge < -0.3 is 11.1 Å². The number of hydrogen-bond acceptors (Lipinski definition) is 3. The third kappa shape index (κ3) is 1.38. The number of nitrogens with two attached hydrogens (primary N) is 1. The Kier molecular flexibility index (Phi) is 2.12. The molecule has 0 radical (unpaired) electrons. The molecule has 3 N–H and O–H groups in total. The van der Waals surface area contributed by atoms with Crippen molar-refractivity contribution in [2.45, 2.75) is 13.1 Å². The molecule has 0 aliphatic carbocycles. The lowest BCUT2D eigenvalue weighted by Gasteiger charge is -2.05. The summed E-state index contributed by atoms with van der Waals surface area (Å²) in [4.78, 5) is 0. The van der Waals surface area contributed by atoms with Crippen LogP contribution in [0.2, 0.25) is 5.02 Å². The van der Waals surface area contributed by atoms with Gasteiger partial charge in [0, 0.05) is 23.7 Å². The lowest BCUT2D eigenvalue weighted by Crippen LogP contribution is -2.08. The summed E-state index contributed by atoms with van der Waals surface area (Å²) in [6.07, 6.45) is 0. The van der Waals surface area contributed by atoms with Crippen molar-refractivity contribution in [1.29, 1.82) is 0 Å². The van der Waals surface area contributed by atoms with Gasteiger partial charge in [-0.05, 0) is 24.3 Å². The first-order valence-electron chi connectivity index (χ1n) is 5.08. The van der Waals surface area contributed by atoms with Crippen molar-refractivity contribution in [2.24, 2.45) is 0 Å². The molecule has 0 fully saturated rings. The molecule has 2 aromatic rings. The molecule has 0 unspecified atom stereocenters. The monoisotopic (exact) mass is 234 g/mol. The van der Waals surface area contributed by atoms with E-state index in [2.05, 4.69) is 10.4 Å². The van der Waals surface area contributed by atoms with Crippen LogP contribution in [-0.2, 0) is 13.1 Å². The van der Waals surface area contributed by atoms with Gasteiger partial charge in [-0.3, -0.25) is 0 Å². The van der Waals surface area contributed by atoms with Gasteiger partial charge >= 0.3 is 0 Å². The van der Waals surface area contributed by atoms with Gasteiger partial charge in [-0.25, -0.2) is 4.68 Å². The molecule has 0 saturated carbocycles. The summed E-state index contributed by atoms with van der Waals surface area (Å²) >= 11 is 5.84. The molecule has 82 valence electrons. The summed E-state index contributed by atoms with van der Waals surface area (Å²) < 4.78 is 1.77. The third-order valence-electron chi connectivity index (χ3n) is 2.77. The topological polar surface area (TPSA) is 55.9 Å². The number of nitrogens with zero attached hydrogens (tertiary/aromatic N) is 2. The van der Waals surface area contributed by atoms with Crippen LogP contribution in [0.15, 0.2) is 24.3 Å². The quantitative estimate of drug-likeness (QED) is 0.790. The molecule has 1 aliphatic heterocycles. The highest BCUT2D eigenvalue weighted by molar-refractivity contribution is 6.30. The number of rotatable bonds is 1. The van der Waals surface area contributed by atoms with Crippen molar-refractivity contribution in [2.75, 3.05) is 5.73 Å². The van der Waals surface area contributed by atoms with Crippen molar-refractivity contribution in [3.63, 3.8) is 0 Å². The van der Waals surface area contributed by atoms with Crippen molar-refractivity contribution in [3.05, 3.63) is 40.5 Å². The normalized spacial score (nSPS) is 14.1. The molecule has 3 rings (SSSR count). The fourth-order valence-electron chi connectivity index (χ4n) is 1.93. The van der Waals surface area contributed by atoms with E-state index in [1.807, 2.05) is 24.3 Å². The first kappa shape index (κ1) is 9.69. The number of fused-ring (bicyclic) bond motifs is 1. The van der Waals surface area contributed by atoms with E-state index >= 15 is 0 Å². The lowest BCUT2D eigenvalue weighted by atomic mass is 10.3. The van der Waals surface area contributed by atoms with Crippen molar-refractivity contribution < 1.29 is 0 Å². The standard InChI is InChI=1S/C11H11ClN4/c12-7-1-3-8(4-2-7)16-11(13)9-5-14-6-10(9)15-16/h1-4,14H,5-6,13H2. The van der Waals surface area contributed by atoms with Crippen LogP contribution < -0.4 is 11.1 Å². The third-order valence-corrected chi connectivity index (χ3v) is 3.02. The van der Waals surface area contributed by atoms with Crippen LogP contribution in [0.4, 0.5) is 5.82 Å². The largest absolute Gasteiger partial charge is 0.383 e. The summed E-state index contributed by atoms with van der Waals surface area (Å²) in [7, 11) is 0. The van der Waals surface area contributed by atoms with Crippen molar-refractivity contribution in [3.8, 4) is 5.69 Å². The fraction of sp³-hybridized carbons (Fsp3) is 0.182. The van der Waals surface area contributed by atoms with Crippen LogP contribution in [0.5, 0.6) is 0 Å². The van der Waals surface area contributed by atoms with Gasteiger partial charge in [-0.1, -0.05) is 11.6 Å². The predicted molar refractivity (Wildman–Crippen MR) is 63.5 cm³/mol. The van der Waals surface area contributed by atoms with E-state index < -0.39 is 0 Å². The van der Waals surface area contributed by atoms with Gasteiger partial charge in [0.1, 0.15) is 5.82 Å². The zero-order chi connectivity index (χ0) is 11.1. The van der Waals surface area contributed by atoms with E-state index in [9.17, 15) is 0 Å². The molecule has 16 heavy (non-hydrogen) atoms. The Morgan fingerprint density at radius 3 is 2.69 bits per heavy atom. The maximum atomic E-state index is 6.05. The van der Waals surface area contributed by atoms with E-state index in [-0.39, 0.29) is 0 Å². The van der Waals surface area contributed by atoms with Crippen LogP contribution in [-0.4, -0.2) is 9.78 Å². The summed E-state index contributed by atoms with van der Waals surface area (Å²) in [6.45, 7) is 1.59. The number of hydrogen-bond donors (Lipinski definition) is 2. The average molecular weight is 235 g/mol. The Morgan fingerprint density at radius 2 is 2.00 bits per heavy atom. The summed E-state index contributed by atoms with van der Waals surface area (Å²) in [6, 6.07) is 7.49. The van der Waals surface area contributed by atoms with E-state index in [0.717, 1.165) is 30.0 Å². The van der Waals surface area contributed by atoms with E-state index in [0.29, 0.717) is 10.8 Å². The highest BCUT2D eigenvalue weighted by Crippen LogP contribution is 2.24. The average Bonchev–Trinajstić information content (AvgIpc) is 2.84. The van der Waals surface area contributed by atoms with E-state index in [1.54, 1.807) is 4.68 Å². The number of halogens is 1. The minimum Gasteiger partial charge on any atom is -0.383 e.